The van der Waals surface area contributed by atoms with Gasteiger partial charge in [0.25, 0.3) is 0 Å². The Hall–Kier alpha value is -1.84. The fourth-order valence-corrected chi connectivity index (χ4v) is 2.24. The minimum Gasteiger partial charge on any atom is -0.355 e. The van der Waals surface area contributed by atoms with Gasteiger partial charge in [-0.3, -0.25) is 4.79 Å². The molecule has 0 spiro atoms. The van der Waals surface area contributed by atoms with Crippen LogP contribution in [0.15, 0.2) is 30.6 Å². The summed E-state index contributed by atoms with van der Waals surface area (Å²) in [5.74, 6) is 0.482. The van der Waals surface area contributed by atoms with Crippen LogP contribution in [0.5, 0.6) is 0 Å². The first-order valence-corrected chi connectivity index (χ1v) is 6.53. The zero-order chi connectivity index (χ0) is 12.4. The van der Waals surface area contributed by atoms with E-state index in [4.69, 9.17) is 0 Å². The van der Waals surface area contributed by atoms with E-state index in [9.17, 15) is 4.79 Å². The zero-order valence-electron chi connectivity index (χ0n) is 10.3. The minimum absolute atomic E-state index is 0.213. The quantitative estimate of drug-likeness (QED) is 0.890. The standard InChI is InChI=1S/C14H17N3O/c18-14(11-4-3-5-11)15-8-7-12-10-17-9-2-1-6-13(17)16-12/h1-2,6,9-11H,3-5,7-8H2,(H,15,18). The first kappa shape index (κ1) is 11.3. The van der Waals surface area contributed by atoms with Crippen molar-refractivity contribution in [3.8, 4) is 0 Å². The third-order valence-electron chi connectivity index (χ3n) is 3.57. The molecular formula is C14H17N3O. The van der Waals surface area contributed by atoms with Crippen LogP contribution in [0.4, 0.5) is 0 Å². The number of imidazole rings is 1. The van der Waals surface area contributed by atoms with E-state index in [1.807, 2.05) is 35.0 Å². The van der Waals surface area contributed by atoms with E-state index in [-0.39, 0.29) is 11.8 Å². The molecule has 1 amide bonds. The lowest BCUT2D eigenvalue weighted by molar-refractivity contribution is -0.127. The van der Waals surface area contributed by atoms with Gasteiger partial charge in [-0.2, -0.15) is 0 Å². The van der Waals surface area contributed by atoms with Crippen LogP contribution in [0.1, 0.15) is 25.0 Å². The molecule has 0 aliphatic heterocycles. The molecule has 2 heterocycles. The van der Waals surface area contributed by atoms with Crippen LogP contribution in [0.25, 0.3) is 5.65 Å². The molecule has 1 fully saturated rings. The van der Waals surface area contributed by atoms with Crippen LogP contribution in [0, 0.1) is 5.92 Å². The van der Waals surface area contributed by atoms with Gasteiger partial charge < -0.3 is 9.72 Å². The van der Waals surface area contributed by atoms with Crippen LogP contribution >= 0.6 is 0 Å². The van der Waals surface area contributed by atoms with Crippen molar-refractivity contribution < 1.29 is 4.79 Å². The Labute approximate surface area is 106 Å². The summed E-state index contributed by atoms with van der Waals surface area (Å²) in [7, 11) is 0. The average Bonchev–Trinajstić information content (AvgIpc) is 2.69. The number of carbonyl (C=O) groups is 1. The summed E-state index contributed by atoms with van der Waals surface area (Å²) in [6.07, 6.45) is 8.11. The maximum Gasteiger partial charge on any atom is 0.223 e. The molecule has 1 aliphatic rings. The Bertz CT molecular complexity index is 524. The Morgan fingerprint density at radius 1 is 1.44 bits per heavy atom. The molecule has 1 saturated carbocycles. The fourth-order valence-electron chi connectivity index (χ4n) is 2.24. The van der Waals surface area contributed by atoms with Gasteiger partial charge in [0.1, 0.15) is 5.65 Å². The van der Waals surface area contributed by atoms with Crippen molar-refractivity contribution in [1.82, 2.24) is 14.7 Å². The monoisotopic (exact) mass is 243 g/mol. The number of fused-ring (bicyclic) bond motifs is 1. The smallest absolute Gasteiger partial charge is 0.223 e. The van der Waals surface area contributed by atoms with Gasteiger partial charge in [0.05, 0.1) is 5.69 Å². The lowest BCUT2D eigenvalue weighted by atomic mass is 9.85. The second-order valence-corrected chi connectivity index (χ2v) is 4.87. The second-order valence-electron chi connectivity index (χ2n) is 4.87. The van der Waals surface area contributed by atoms with E-state index in [1.54, 1.807) is 0 Å². The maximum atomic E-state index is 11.7. The number of rotatable bonds is 4. The van der Waals surface area contributed by atoms with Crippen LogP contribution in [0.2, 0.25) is 0 Å². The lowest BCUT2D eigenvalue weighted by Crippen LogP contribution is -2.35. The van der Waals surface area contributed by atoms with E-state index in [0.717, 1.165) is 30.6 Å². The van der Waals surface area contributed by atoms with E-state index in [1.165, 1.54) is 6.42 Å². The van der Waals surface area contributed by atoms with Crippen LogP contribution < -0.4 is 5.32 Å². The zero-order valence-corrected chi connectivity index (χ0v) is 10.3. The molecule has 0 unspecified atom stereocenters. The summed E-state index contributed by atoms with van der Waals surface area (Å²) in [5.41, 5.74) is 1.98. The van der Waals surface area contributed by atoms with Gasteiger partial charge in [0.2, 0.25) is 5.91 Å². The van der Waals surface area contributed by atoms with Crippen molar-refractivity contribution in [2.75, 3.05) is 6.54 Å². The number of pyridine rings is 1. The average molecular weight is 243 g/mol. The molecule has 0 saturated heterocycles. The number of carbonyl (C=O) groups excluding carboxylic acids is 1. The molecule has 4 nitrogen and oxygen atoms in total. The summed E-state index contributed by atoms with van der Waals surface area (Å²) >= 11 is 0. The summed E-state index contributed by atoms with van der Waals surface area (Å²) in [4.78, 5) is 16.2. The molecule has 3 rings (SSSR count). The summed E-state index contributed by atoms with van der Waals surface area (Å²) in [5, 5.41) is 2.99. The topological polar surface area (TPSA) is 46.4 Å². The molecule has 0 aromatic carbocycles. The van der Waals surface area contributed by atoms with Crippen molar-refractivity contribution in [2.45, 2.75) is 25.7 Å². The Morgan fingerprint density at radius 3 is 3.06 bits per heavy atom. The van der Waals surface area contributed by atoms with E-state index in [0.29, 0.717) is 6.54 Å². The number of aromatic nitrogens is 2. The van der Waals surface area contributed by atoms with E-state index in [2.05, 4.69) is 10.3 Å². The normalized spacial score (nSPS) is 15.6. The highest BCUT2D eigenvalue weighted by molar-refractivity contribution is 5.79. The van der Waals surface area contributed by atoms with Gasteiger partial charge in [0, 0.05) is 31.3 Å². The molecule has 1 N–H and O–H groups in total. The largest absolute Gasteiger partial charge is 0.355 e. The molecule has 0 atom stereocenters. The highest BCUT2D eigenvalue weighted by atomic mass is 16.1. The highest BCUT2D eigenvalue weighted by Gasteiger charge is 2.24. The Morgan fingerprint density at radius 2 is 2.33 bits per heavy atom. The van der Waals surface area contributed by atoms with Crippen molar-refractivity contribution in [3.63, 3.8) is 0 Å². The van der Waals surface area contributed by atoms with Gasteiger partial charge >= 0.3 is 0 Å². The van der Waals surface area contributed by atoms with Crippen molar-refractivity contribution >= 4 is 11.6 Å². The van der Waals surface area contributed by atoms with Crippen LogP contribution in [-0.4, -0.2) is 21.8 Å². The van der Waals surface area contributed by atoms with E-state index >= 15 is 0 Å². The van der Waals surface area contributed by atoms with Gasteiger partial charge in [-0.25, -0.2) is 4.98 Å². The van der Waals surface area contributed by atoms with Crippen LogP contribution in [0.3, 0.4) is 0 Å². The second kappa shape index (κ2) is 4.80. The predicted molar refractivity (Wildman–Crippen MR) is 69.2 cm³/mol. The number of nitrogens with zero attached hydrogens (tertiary/aromatic N) is 2. The van der Waals surface area contributed by atoms with Crippen LogP contribution in [-0.2, 0) is 11.2 Å². The summed E-state index contributed by atoms with van der Waals surface area (Å²) < 4.78 is 2.00. The summed E-state index contributed by atoms with van der Waals surface area (Å²) in [6.45, 7) is 0.680. The molecule has 0 bridgehead atoms. The Kier molecular flexibility index (Phi) is 3.00. The molecule has 4 heteroatoms. The minimum atomic E-state index is 0.213. The molecule has 2 aromatic rings. The third-order valence-corrected chi connectivity index (χ3v) is 3.57. The first-order valence-electron chi connectivity index (χ1n) is 6.53. The van der Waals surface area contributed by atoms with Gasteiger partial charge in [-0.15, -0.1) is 0 Å². The van der Waals surface area contributed by atoms with Crippen molar-refractivity contribution in [1.29, 1.82) is 0 Å². The third kappa shape index (κ3) is 2.23. The highest BCUT2D eigenvalue weighted by Crippen LogP contribution is 2.26. The van der Waals surface area contributed by atoms with Gasteiger partial charge in [0.15, 0.2) is 0 Å². The SMILES string of the molecule is O=C(NCCc1cn2ccccc2n1)C1CCC1. The predicted octanol–water partition coefficient (Wildman–Crippen LogP) is 1.79. The number of nitrogens with one attached hydrogen (secondary N) is 1. The van der Waals surface area contributed by atoms with E-state index < -0.39 is 0 Å². The molecule has 94 valence electrons. The summed E-state index contributed by atoms with van der Waals surface area (Å²) in [6, 6.07) is 5.94. The first-order chi connectivity index (χ1) is 8.83. The van der Waals surface area contributed by atoms with Gasteiger partial charge in [-0.1, -0.05) is 12.5 Å². The fraction of sp³-hybridized carbons (Fsp3) is 0.429. The molecule has 0 radical (unpaired) electrons. The molecule has 1 aliphatic carbocycles. The molecular weight excluding hydrogens is 226 g/mol. The Balaban J connectivity index is 1.54. The van der Waals surface area contributed by atoms with Crippen molar-refractivity contribution in [2.24, 2.45) is 5.92 Å². The molecule has 2 aromatic heterocycles. The number of amides is 1. The molecule has 18 heavy (non-hydrogen) atoms. The lowest BCUT2D eigenvalue weighted by Gasteiger charge is -2.23. The number of hydrogen-bond acceptors (Lipinski definition) is 2. The van der Waals surface area contributed by atoms with Gasteiger partial charge in [-0.05, 0) is 25.0 Å². The van der Waals surface area contributed by atoms with Crippen molar-refractivity contribution in [3.05, 3.63) is 36.3 Å². The maximum absolute atomic E-state index is 11.7. The number of hydrogen-bond donors (Lipinski definition) is 1.